The molecule has 0 N–H and O–H groups in total. The highest BCUT2D eigenvalue weighted by atomic mass is 35.5. The van der Waals surface area contributed by atoms with E-state index < -0.39 is 0 Å². The molecule has 0 bridgehead atoms. The molecule has 1 rings (SSSR count). The maximum Gasteiger partial charge on any atom is 0.250 e. The van der Waals surface area contributed by atoms with Crippen molar-refractivity contribution >= 4 is 11.6 Å². The van der Waals surface area contributed by atoms with Crippen molar-refractivity contribution in [3.63, 3.8) is 0 Å². The Labute approximate surface area is 83.2 Å². The van der Waals surface area contributed by atoms with Gasteiger partial charge in [-0.05, 0) is 12.5 Å². The first-order valence-electron chi connectivity index (χ1n) is 4.60. The second-order valence-corrected chi connectivity index (χ2v) is 3.52. The van der Waals surface area contributed by atoms with E-state index in [4.69, 9.17) is 11.6 Å². The third kappa shape index (κ3) is 3.23. The highest BCUT2D eigenvalue weighted by Crippen LogP contribution is 2.04. The van der Waals surface area contributed by atoms with Crippen molar-refractivity contribution in [3.05, 3.63) is 33.7 Å². The lowest BCUT2D eigenvalue weighted by atomic mass is 10.2. The molecule has 1 aromatic heterocycles. The van der Waals surface area contributed by atoms with Crippen molar-refractivity contribution in [2.75, 3.05) is 0 Å². The Balaban J connectivity index is 2.65. The Morgan fingerprint density at radius 1 is 1.38 bits per heavy atom. The van der Waals surface area contributed by atoms with Gasteiger partial charge in [-0.2, -0.15) is 0 Å². The van der Waals surface area contributed by atoms with Crippen LogP contribution < -0.4 is 5.56 Å². The van der Waals surface area contributed by atoms with Gasteiger partial charge in [-0.3, -0.25) is 4.79 Å². The number of unbranched alkanes of at least 4 members (excludes halogenated alkanes) is 2. The largest absolute Gasteiger partial charge is 0.314 e. The first kappa shape index (κ1) is 10.3. The lowest BCUT2D eigenvalue weighted by molar-refractivity contribution is 0.587. The summed E-state index contributed by atoms with van der Waals surface area (Å²) in [5.41, 5.74) is 0.0282. The van der Waals surface area contributed by atoms with Gasteiger partial charge in [0.25, 0.3) is 5.56 Å². The zero-order valence-corrected chi connectivity index (χ0v) is 8.55. The number of nitrogens with zero attached hydrogens (tertiary/aromatic N) is 1. The third-order valence-corrected chi connectivity index (χ3v) is 2.17. The van der Waals surface area contributed by atoms with Gasteiger partial charge in [0.1, 0.15) is 0 Å². The van der Waals surface area contributed by atoms with Crippen LogP contribution in [0.2, 0.25) is 5.02 Å². The molecule has 0 saturated heterocycles. The van der Waals surface area contributed by atoms with Crippen molar-refractivity contribution in [3.8, 4) is 0 Å². The zero-order chi connectivity index (χ0) is 9.68. The van der Waals surface area contributed by atoms with Crippen LogP contribution in [0.3, 0.4) is 0 Å². The predicted octanol–water partition coefficient (Wildman–Crippen LogP) is 2.69. The van der Waals surface area contributed by atoms with E-state index in [0.29, 0.717) is 5.02 Å². The van der Waals surface area contributed by atoms with Crippen LogP contribution in [0.1, 0.15) is 26.2 Å². The molecule has 2 nitrogen and oxygen atoms in total. The third-order valence-electron chi connectivity index (χ3n) is 1.95. The molecular weight excluding hydrogens is 186 g/mol. The van der Waals surface area contributed by atoms with E-state index in [0.717, 1.165) is 25.8 Å². The first-order valence-corrected chi connectivity index (χ1v) is 4.98. The van der Waals surface area contributed by atoms with E-state index >= 15 is 0 Å². The topological polar surface area (TPSA) is 22.0 Å². The molecule has 0 aliphatic rings. The minimum atomic E-state index is 0.0282. The highest BCUT2D eigenvalue weighted by Gasteiger charge is 1.95. The molecule has 0 unspecified atom stereocenters. The van der Waals surface area contributed by atoms with Gasteiger partial charge in [0.05, 0.1) is 5.02 Å². The number of hydrogen-bond donors (Lipinski definition) is 0. The molecule has 0 amide bonds. The van der Waals surface area contributed by atoms with E-state index in [2.05, 4.69) is 6.92 Å². The van der Waals surface area contributed by atoms with Gasteiger partial charge in [0, 0.05) is 18.8 Å². The first-order chi connectivity index (χ1) is 6.24. The fourth-order valence-electron chi connectivity index (χ4n) is 1.21. The Hall–Kier alpha value is -0.760. The fraction of sp³-hybridized carbons (Fsp3) is 0.500. The minimum Gasteiger partial charge on any atom is -0.314 e. The molecule has 1 aromatic rings. The number of hydrogen-bond acceptors (Lipinski definition) is 1. The summed E-state index contributed by atoms with van der Waals surface area (Å²) in [6, 6.07) is 3.13. The van der Waals surface area contributed by atoms with E-state index in [9.17, 15) is 4.79 Å². The summed E-state index contributed by atoms with van der Waals surface area (Å²) in [7, 11) is 0. The van der Waals surface area contributed by atoms with Gasteiger partial charge in [0.15, 0.2) is 0 Å². The number of pyridine rings is 1. The van der Waals surface area contributed by atoms with Crippen molar-refractivity contribution in [1.29, 1.82) is 0 Å². The van der Waals surface area contributed by atoms with Crippen LogP contribution in [0.15, 0.2) is 23.1 Å². The summed E-state index contributed by atoms with van der Waals surface area (Å²) in [6.07, 6.45) is 5.05. The maximum atomic E-state index is 11.3. The van der Waals surface area contributed by atoms with Gasteiger partial charge >= 0.3 is 0 Å². The van der Waals surface area contributed by atoms with Gasteiger partial charge in [-0.1, -0.05) is 31.4 Å². The van der Waals surface area contributed by atoms with Gasteiger partial charge in [0.2, 0.25) is 0 Å². The molecule has 0 saturated carbocycles. The van der Waals surface area contributed by atoms with E-state index in [-0.39, 0.29) is 5.56 Å². The van der Waals surface area contributed by atoms with Gasteiger partial charge < -0.3 is 4.57 Å². The Kier molecular flexibility index (Phi) is 4.03. The van der Waals surface area contributed by atoms with E-state index in [1.807, 2.05) is 0 Å². The standard InChI is InChI=1S/C10H14ClNO/c1-2-3-4-7-12-8-9(11)5-6-10(12)13/h5-6,8H,2-4,7H2,1H3. The number of aryl methyl sites for hydroxylation is 1. The summed E-state index contributed by atoms with van der Waals surface area (Å²) >= 11 is 5.77. The summed E-state index contributed by atoms with van der Waals surface area (Å²) in [5.74, 6) is 0. The molecule has 0 aromatic carbocycles. The lowest BCUT2D eigenvalue weighted by Crippen LogP contribution is -2.17. The fourth-order valence-corrected chi connectivity index (χ4v) is 1.39. The SMILES string of the molecule is CCCCCn1cc(Cl)ccc1=O. The molecule has 0 aliphatic heterocycles. The maximum absolute atomic E-state index is 11.3. The van der Waals surface area contributed by atoms with Crippen LogP contribution >= 0.6 is 11.6 Å². The van der Waals surface area contributed by atoms with E-state index in [1.165, 1.54) is 6.07 Å². The van der Waals surface area contributed by atoms with Crippen LogP contribution in [-0.4, -0.2) is 4.57 Å². The molecule has 0 fully saturated rings. The normalized spacial score (nSPS) is 10.3. The molecule has 0 aliphatic carbocycles. The van der Waals surface area contributed by atoms with Crippen molar-refractivity contribution in [2.45, 2.75) is 32.7 Å². The number of halogens is 1. The molecule has 1 heterocycles. The predicted molar refractivity (Wildman–Crippen MR) is 55.2 cm³/mol. The number of aromatic nitrogens is 1. The second-order valence-electron chi connectivity index (χ2n) is 3.09. The monoisotopic (exact) mass is 199 g/mol. The van der Waals surface area contributed by atoms with Crippen molar-refractivity contribution < 1.29 is 0 Å². The molecule has 0 spiro atoms. The number of rotatable bonds is 4. The zero-order valence-electron chi connectivity index (χ0n) is 7.79. The lowest BCUT2D eigenvalue weighted by Gasteiger charge is -2.04. The minimum absolute atomic E-state index is 0.0282. The Morgan fingerprint density at radius 2 is 2.15 bits per heavy atom. The molecule has 13 heavy (non-hydrogen) atoms. The average molecular weight is 200 g/mol. The highest BCUT2D eigenvalue weighted by molar-refractivity contribution is 6.30. The molecule has 0 atom stereocenters. The molecule has 3 heteroatoms. The average Bonchev–Trinajstić information content (AvgIpc) is 2.11. The van der Waals surface area contributed by atoms with Crippen LogP contribution in [-0.2, 0) is 6.54 Å². The van der Waals surface area contributed by atoms with Crippen molar-refractivity contribution in [2.24, 2.45) is 0 Å². The van der Waals surface area contributed by atoms with Crippen molar-refractivity contribution in [1.82, 2.24) is 4.57 Å². The van der Waals surface area contributed by atoms with Crippen LogP contribution in [0.5, 0.6) is 0 Å². The van der Waals surface area contributed by atoms with Gasteiger partial charge in [-0.25, -0.2) is 0 Å². The van der Waals surface area contributed by atoms with Crippen LogP contribution in [0.4, 0.5) is 0 Å². The molecular formula is C10H14ClNO. The molecule has 0 radical (unpaired) electrons. The van der Waals surface area contributed by atoms with Crippen LogP contribution in [0, 0.1) is 0 Å². The summed E-state index contributed by atoms with van der Waals surface area (Å²) in [5, 5.41) is 0.621. The quantitative estimate of drug-likeness (QED) is 0.684. The Morgan fingerprint density at radius 3 is 2.85 bits per heavy atom. The summed E-state index contributed by atoms with van der Waals surface area (Å²) in [4.78, 5) is 11.3. The summed E-state index contributed by atoms with van der Waals surface area (Å²) in [6.45, 7) is 2.91. The van der Waals surface area contributed by atoms with E-state index in [1.54, 1.807) is 16.8 Å². The molecule has 72 valence electrons. The smallest absolute Gasteiger partial charge is 0.250 e. The van der Waals surface area contributed by atoms with Gasteiger partial charge in [-0.15, -0.1) is 0 Å². The van der Waals surface area contributed by atoms with Crippen LogP contribution in [0.25, 0.3) is 0 Å². The Bertz CT molecular complexity index is 319. The summed E-state index contributed by atoms with van der Waals surface area (Å²) < 4.78 is 1.66. The second kappa shape index (κ2) is 5.07.